The Hall–Kier alpha value is -3.99. The predicted molar refractivity (Wildman–Crippen MR) is 175 cm³/mol. The van der Waals surface area contributed by atoms with Crippen LogP contribution in [0.25, 0.3) is 0 Å². The lowest BCUT2D eigenvalue weighted by atomic mass is 10.0. The number of benzene rings is 1. The second-order valence-corrected chi connectivity index (χ2v) is 13.7. The maximum absolute atomic E-state index is 13.5. The van der Waals surface area contributed by atoms with E-state index >= 15 is 0 Å². The van der Waals surface area contributed by atoms with E-state index in [0.717, 1.165) is 5.56 Å². The van der Waals surface area contributed by atoms with Crippen LogP contribution in [0.3, 0.4) is 0 Å². The first-order valence-electron chi connectivity index (χ1n) is 16.1. The number of carbonyl (C=O) groups is 5. The maximum Gasteiger partial charge on any atom is 0.407 e. The van der Waals surface area contributed by atoms with Crippen molar-refractivity contribution in [2.75, 3.05) is 18.4 Å². The fourth-order valence-corrected chi connectivity index (χ4v) is 5.19. The average molecular weight is 678 g/mol. The summed E-state index contributed by atoms with van der Waals surface area (Å²) in [6, 6.07) is 3.46. The van der Waals surface area contributed by atoms with E-state index in [0.29, 0.717) is 25.1 Å². The van der Waals surface area contributed by atoms with Gasteiger partial charge in [0.1, 0.15) is 23.8 Å². The van der Waals surface area contributed by atoms with Gasteiger partial charge in [0.15, 0.2) is 18.2 Å². The largest absolute Gasteiger partial charge is 0.444 e. The third-order valence-corrected chi connectivity index (χ3v) is 7.51. The average Bonchev–Trinajstić information content (AvgIpc) is 3.44. The van der Waals surface area contributed by atoms with Crippen molar-refractivity contribution in [3.8, 4) is 0 Å². The molecule has 2 fully saturated rings. The van der Waals surface area contributed by atoms with Gasteiger partial charge in [0.25, 0.3) is 5.91 Å². The molecule has 2 aliphatic heterocycles. The molecule has 1 aromatic carbocycles. The molecular weight excluding hydrogens is 626 g/mol. The molecule has 48 heavy (non-hydrogen) atoms. The van der Waals surface area contributed by atoms with Crippen LogP contribution in [-0.2, 0) is 39.8 Å². The van der Waals surface area contributed by atoms with E-state index in [2.05, 4.69) is 26.6 Å². The van der Waals surface area contributed by atoms with Gasteiger partial charge >= 0.3 is 12.1 Å². The predicted octanol–water partition coefficient (Wildman–Crippen LogP) is 0.970. The third kappa shape index (κ3) is 11.6. The second-order valence-electron chi connectivity index (χ2n) is 13.7. The van der Waals surface area contributed by atoms with E-state index in [-0.39, 0.29) is 18.9 Å². The van der Waals surface area contributed by atoms with Crippen molar-refractivity contribution in [1.82, 2.24) is 21.3 Å². The fraction of sp³-hybridized carbons (Fsp3) is 0.656. The Bertz CT molecular complexity index is 1300. The molecule has 9 N–H and O–H groups in total. The number of amides is 6. The monoisotopic (exact) mass is 677 g/mol. The summed E-state index contributed by atoms with van der Waals surface area (Å²) in [7, 11) is 0. The molecule has 16 heteroatoms. The summed E-state index contributed by atoms with van der Waals surface area (Å²) in [5.41, 5.74) is 12.2. The Balaban J connectivity index is 1.61. The number of hydrogen-bond donors (Lipinski definition) is 7. The molecule has 0 saturated carbocycles. The number of nitrogens with two attached hydrogens (primary N) is 2. The van der Waals surface area contributed by atoms with Gasteiger partial charge in [-0.1, -0.05) is 26.0 Å². The number of anilines is 1. The lowest BCUT2D eigenvalue weighted by Gasteiger charge is -2.28. The molecule has 3 rings (SSSR count). The topological polar surface area (TPSA) is 234 Å². The standard InChI is InChI=1S/C32H51N7O9/c1-17(2)22(39-27(42)23-21(33)24-28(45-23)47-32(6,7)46-24)26(41)38-20(9-8-15-35-29(34)43)25(40)37-19-12-10-18(11-13-19)14-16-36-30(44)48-31(3,4)5/h10-13,17,20-24,28H,8-9,14-16,33H2,1-7H3,(H,36,44)(H,37,40)(H,38,41)(H,39,42)(H3,34,35,43)/t20?,21?,22-,23?,24?,28?/m1/s1. The Morgan fingerprint density at radius 3 is 2.21 bits per heavy atom. The first-order valence-corrected chi connectivity index (χ1v) is 16.1. The van der Waals surface area contributed by atoms with Crippen LogP contribution in [0.1, 0.15) is 66.9 Å². The van der Waals surface area contributed by atoms with Crippen molar-refractivity contribution in [2.45, 2.75) is 116 Å². The summed E-state index contributed by atoms with van der Waals surface area (Å²) < 4.78 is 22.4. The quantitative estimate of drug-likeness (QED) is 0.138. The number of alkyl carbamates (subject to hydrolysis) is 1. The molecule has 0 aliphatic carbocycles. The van der Waals surface area contributed by atoms with Gasteiger partial charge in [-0.05, 0) is 77.5 Å². The van der Waals surface area contributed by atoms with Crippen molar-refractivity contribution in [3.63, 3.8) is 0 Å². The number of carbonyl (C=O) groups excluding carboxylic acids is 5. The van der Waals surface area contributed by atoms with Crippen LogP contribution < -0.4 is 38.1 Å². The summed E-state index contributed by atoms with van der Waals surface area (Å²) in [4.78, 5) is 63.1. The van der Waals surface area contributed by atoms with Gasteiger partial charge in [-0.25, -0.2) is 9.59 Å². The zero-order chi connectivity index (χ0) is 35.8. The van der Waals surface area contributed by atoms with Gasteiger partial charge in [0.05, 0.1) is 6.04 Å². The van der Waals surface area contributed by atoms with Gasteiger partial charge in [-0.3, -0.25) is 14.4 Å². The van der Waals surface area contributed by atoms with Gasteiger partial charge in [-0.15, -0.1) is 0 Å². The minimum Gasteiger partial charge on any atom is -0.444 e. The second kappa shape index (κ2) is 16.4. The van der Waals surface area contributed by atoms with E-state index in [1.807, 2.05) is 12.1 Å². The first kappa shape index (κ1) is 38.5. The Morgan fingerprint density at radius 2 is 1.62 bits per heavy atom. The van der Waals surface area contributed by atoms with Gasteiger partial charge < -0.3 is 57.0 Å². The van der Waals surface area contributed by atoms with E-state index < -0.39 is 77.9 Å². The van der Waals surface area contributed by atoms with Gasteiger partial charge in [-0.2, -0.15) is 0 Å². The highest BCUT2D eigenvalue weighted by Gasteiger charge is 2.55. The zero-order valence-electron chi connectivity index (χ0n) is 28.7. The van der Waals surface area contributed by atoms with Crippen LogP contribution in [0.2, 0.25) is 0 Å². The van der Waals surface area contributed by atoms with E-state index in [1.54, 1.807) is 60.6 Å². The molecule has 0 radical (unpaired) electrons. The van der Waals surface area contributed by atoms with Crippen LogP contribution in [0.4, 0.5) is 15.3 Å². The normalized spacial score (nSPS) is 22.6. The molecule has 0 spiro atoms. The lowest BCUT2D eigenvalue weighted by molar-refractivity contribution is -0.207. The fourth-order valence-electron chi connectivity index (χ4n) is 5.19. The van der Waals surface area contributed by atoms with Crippen LogP contribution in [0, 0.1) is 5.92 Å². The highest BCUT2D eigenvalue weighted by Crippen LogP contribution is 2.36. The van der Waals surface area contributed by atoms with E-state index in [1.165, 1.54) is 0 Å². The van der Waals surface area contributed by atoms with Crippen molar-refractivity contribution in [1.29, 1.82) is 0 Å². The molecule has 0 aromatic heterocycles. The molecular formula is C32H51N7O9. The van der Waals surface area contributed by atoms with Crippen molar-refractivity contribution in [2.24, 2.45) is 17.4 Å². The van der Waals surface area contributed by atoms with E-state index in [4.69, 9.17) is 30.4 Å². The highest BCUT2D eigenvalue weighted by molar-refractivity contribution is 5.98. The molecule has 2 heterocycles. The maximum atomic E-state index is 13.5. The highest BCUT2D eigenvalue weighted by atomic mass is 16.8. The minimum atomic E-state index is -1.11. The molecule has 16 nitrogen and oxygen atoms in total. The molecule has 6 atom stereocenters. The summed E-state index contributed by atoms with van der Waals surface area (Å²) >= 11 is 0. The third-order valence-electron chi connectivity index (χ3n) is 7.51. The zero-order valence-corrected chi connectivity index (χ0v) is 28.7. The SMILES string of the molecule is CC(C)[C@@H](NC(=O)C1OC2OC(C)(C)OC2C1N)C(=O)NC(CCCNC(N)=O)C(=O)Nc1ccc(CCNC(=O)OC(C)(C)C)cc1. The number of ether oxygens (including phenoxy) is 4. The molecule has 2 aliphatic rings. The van der Waals surface area contributed by atoms with Crippen molar-refractivity contribution >= 4 is 35.5 Å². The molecule has 6 amide bonds. The summed E-state index contributed by atoms with van der Waals surface area (Å²) in [5, 5.41) is 13.4. The smallest absolute Gasteiger partial charge is 0.407 e. The van der Waals surface area contributed by atoms with E-state index in [9.17, 15) is 24.0 Å². The summed E-state index contributed by atoms with van der Waals surface area (Å²) in [5.74, 6) is -2.96. The number of urea groups is 1. The summed E-state index contributed by atoms with van der Waals surface area (Å²) in [6.07, 6.45) is -2.05. The van der Waals surface area contributed by atoms with Crippen molar-refractivity contribution in [3.05, 3.63) is 29.8 Å². The number of nitrogens with one attached hydrogen (secondary N) is 5. The molecule has 0 bridgehead atoms. The molecule has 268 valence electrons. The van der Waals surface area contributed by atoms with Gasteiger partial charge in [0, 0.05) is 18.8 Å². The van der Waals surface area contributed by atoms with Crippen LogP contribution in [0.15, 0.2) is 24.3 Å². The molecule has 5 unspecified atom stereocenters. The van der Waals surface area contributed by atoms with Crippen LogP contribution in [0.5, 0.6) is 0 Å². The Morgan fingerprint density at radius 1 is 0.958 bits per heavy atom. The Labute approximate surface area is 281 Å². The Kier molecular flexibility index (Phi) is 13.1. The van der Waals surface area contributed by atoms with Crippen LogP contribution >= 0.6 is 0 Å². The first-order chi connectivity index (χ1) is 22.3. The number of rotatable bonds is 14. The lowest BCUT2D eigenvalue weighted by Crippen LogP contribution is -2.58. The summed E-state index contributed by atoms with van der Waals surface area (Å²) in [6.45, 7) is 12.8. The number of primary amides is 1. The number of hydrogen-bond acceptors (Lipinski definition) is 10. The van der Waals surface area contributed by atoms with Gasteiger partial charge in [0.2, 0.25) is 11.8 Å². The van der Waals surface area contributed by atoms with Crippen LogP contribution in [-0.4, -0.2) is 90.9 Å². The minimum absolute atomic E-state index is 0.162. The van der Waals surface area contributed by atoms with Crippen molar-refractivity contribution < 1.29 is 42.9 Å². The molecule has 1 aromatic rings. The number of fused-ring (bicyclic) bond motifs is 1. The molecule has 2 saturated heterocycles.